The quantitative estimate of drug-likeness (QED) is 0.755. The summed E-state index contributed by atoms with van der Waals surface area (Å²) in [5.74, 6) is 0.0927. The van der Waals surface area contributed by atoms with Gasteiger partial charge in [0.05, 0.1) is 11.1 Å². The molecule has 0 aliphatic rings. The summed E-state index contributed by atoms with van der Waals surface area (Å²) in [5.41, 5.74) is 3.91. The van der Waals surface area contributed by atoms with Gasteiger partial charge in [-0.3, -0.25) is 4.79 Å². The summed E-state index contributed by atoms with van der Waals surface area (Å²) >= 11 is 0. The van der Waals surface area contributed by atoms with Gasteiger partial charge in [-0.15, -0.1) is 0 Å². The molecule has 0 amide bonds. The Kier molecular flexibility index (Phi) is 3.26. The number of pyridine rings is 1. The first-order valence-electron chi connectivity index (χ1n) is 6.95. The molecule has 106 valence electrons. The Hall–Kier alpha value is -2.55. The smallest absolute Gasteiger partial charge is 0.255 e. The molecule has 0 saturated heterocycles. The second-order valence-electron chi connectivity index (χ2n) is 5.45. The second kappa shape index (κ2) is 5.09. The lowest BCUT2D eigenvalue weighted by Gasteiger charge is -2.10. The molecule has 0 bridgehead atoms. The number of aromatic amines is 1. The fraction of sp³-hybridized carbons (Fsp3) is 0.167. The van der Waals surface area contributed by atoms with Gasteiger partial charge in [0.2, 0.25) is 0 Å². The van der Waals surface area contributed by atoms with E-state index in [-0.39, 0.29) is 11.3 Å². The van der Waals surface area contributed by atoms with E-state index in [2.05, 4.69) is 4.98 Å². The number of hydrogen-bond acceptors (Lipinski definition) is 2. The van der Waals surface area contributed by atoms with Crippen molar-refractivity contribution in [2.45, 2.75) is 20.3 Å². The van der Waals surface area contributed by atoms with Gasteiger partial charge in [0, 0.05) is 11.8 Å². The summed E-state index contributed by atoms with van der Waals surface area (Å²) in [6.45, 7) is 3.92. The topological polar surface area (TPSA) is 53.1 Å². The number of aromatic hydroxyl groups is 1. The molecule has 0 spiro atoms. The molecule has 0 saturated carbocycles. The molecule has 1 aromatic heterocycles. The predicted octanol–water partition coefficient (Wildman–Crippen LogP) is 3.44. The van der Waals surface area contributed by atoms with Crippen LogP contribution >= 0.6 is 0 Å². The largest absolute Gasteiger partial charge is 0.507 e. The van der Waals surface area contributed by atoms with E-state index in [1.165, 1.54) is 0 Å². The third kappa shape index (κ3) is 2.42. The van der Waals surface area contributed by atoms with Crippen LogP contribution in [0.4, 0.5) is 0 Å². The second-order valence-corrected chi connectivity index (χ2v) is 5.45. The third-order valence-corrected chi connectivity index (χ3v) is 3.75. The Balaban J connectivity index is 2.22. The lowest BCUT2D eigenvalue weighted by atomic mass is 9.99. The number of aromatic nitrogens is 1. The van der Waals surface area contributed by atoms with Crippen LogP contribution in [0.3, 0.4) is 0 Å². The van der Waals surface area contributed by atoms with Crippen LogP contribution < -0.4 is 5.56 Å². The molecule has 21 heavy (non-hydrogen) atoms. The van der Waals surface area contributed by atoms with Crippen LogP contribution in [-0.2, 0) is 6.42 Å². The van der Waals surface area contributed by atoms with Gasteiger partial charge in [0.15, 0.2) is 0 Å². The summed E-state index contributed by atoms with van der Waals surface area (Å²) in [6, 6.07) is 13.6. The van der Waals surface area contributed by atoms with Crippen molar-refractivity contribution in [1.29, 1.82) is 0 Å². The van der Waals surface area contributed by atoms with Crippen LogP contribution in [0.5, 0.6) is 5.75 Å². The average Bonchev–Trinajstić information content (AvgIpc) is 2.43. The lowest BCUT2D eigenvalue weighted by molar-refractivity contribution is 0.474. The molecular formula is C18H17NO2. The summed E-state index contributed by atoms with van der Waals surface area (Å²) in [6.07, 6.45) is 0.422. The molecule has 3 heteroatoms. The third-order valence-electron chi connectivity index (χ3n) is 3.75. The van der Waals surface area contributed by atoms with Crippen molar-refractivity contribution < 1.29 is 5.11 Å². The number of fused-ring (bicyclic) bond motifs is 1. The van der Waals surface area contributed by atoms with Gasteiger partial charge in [0.1, 0.15) is 5.75 Å². The van der Waals surface area contributed by atoms with Crippen molar-refractivity contribution >= 4 is 10.9 Å². The number of hydrogen-bond donors (Lipinski definition) is 2. The average molecular weight is 279 g/mol. The van der Waals surface area contributed by atoms with E-state index in [4.69, 9.17) is 0 Å². The standard InChI is InChI=1S/C18H17NO2/c1-11-8-12(2)16-15(9-11)19-18(21)14(17(16)20)10-13-6-4-3-5-7-13/h3-9H,10H2,1-2H3,(H2,19,20,21). The van der Waals surface area contributed by atoms with E-state index in [9.17, 15) is 9.90 Å². The zero-order chi connectivity index (χ0) is 15.0. The molecule has 0 aliphatic heterocycles. The first kappa shape index (κ1) is 13.4. The van der Waals surface area contributed by atoms with E-state index >= 15 is 0 Å². The first-order valence-corrected chi connectivity index (χ1v) is 6.95. The fourth-order valence-electron chi connectivity index (χ4n) is 2.80. The zero-order valence-electron chi connectivity index (χ0n) is 12.1. The minimum absolute atomic E-state index is 0.0927. The minimum Gasteiger partial charge on any atom is -0.507 e. The Morgan fingerprint density at radius 3 is 2.52 bits per heavy atom. The van der Waals surface area contributed by atoms with Gasteiger partial charge >= 0.3 is 0 Å². The molecule has 3 rings (SSSR count). The Morgan fingerprint density at radius 1 is 1.10 bits per heavy atom. The molecule has 3 aromatic rings. The molecule has 0 unspecified atom stereocenters. The predicted molar refractivity (Wildman–Crippen MR) is 85.0 cm³/mol. The maximum Gasteiger partial charge on any atom is 0.255 e. The SMILES string of the molecule is Cc1cc(C)c2c(O)c(Cc3ccccc3)c(=O)[nH]c2c1. The molecule has 2 N–H and O–H groups in total. The van der Waals surface area contributed by atoms with Crippen LogP contribution in [0.2, 0.25) is 0 Å². The van der Waals surface area contributed by atoms with Crippen molar-refractivity contribution in [2.75, 3.05) is 0 Å². The van der Waals surface area contributed by atoms with Crippen molar-refractivity contribution in [3.8, 4) is 5.75 Å². The normalized spacial score (nSPS) is 11.0. The molecule has 3 nitrogen and oxygen atoms in total. The Labute approximate surface area is 122 Å². The van der Waals surface area contributed by atoms with Gasteiger partial charge in [0.25, 0.3) is 5.56 Å². The van der Waals surface area contributed by atoms with E-state index in [1.807, 2.05) is 56.3 Å². The van der Waals surface area contributed by atoms with E-state index in [0.717, 1.165) is 22.1 Å². The number of rotatable bonds is 2. The van der Waals surface area contributed by atoms with Gasteiger partial charge in [-0.2, -0.15) is 0 Å². The van der Waals surface area contributed by atoms with E-state index in [0.29, 0.717) is 17.5 Å². The minimum atomic E-state index is -0.228. The molecule has 1 heterocycles. The number of H-pyrrole nitrogens is 1. The maximum atomic E-state index is 12.3. The zero-order valence-corrected chi connectivity index (χ0v) is 12.1. The first-order chi connectivity index (χ1) is 10.1. The van der Waals surface area contributed by atoms with E-state index in [1.54, 1.807) is 0 Å². The highest BCUT2D eigenvalue weighted by atomic mass is 16.3. The van der Waals surface area contributed by atoms with Crippen molar-refractivity contribution in [2.24, 2.45) is 0 Å². The van der Waals surface area contributed by atoms with Gasteiger partial charge < -0.3 is 10.1 Å². The van der Waals surface area contributed by atoms with Crippen molar-refractivity contribution in [3.63, 3.8) is 0 Å². The summed E-state index contributed by atoms with van der Waals surface area (Å²) in [4.78, 5) is 15.2. The van der Waals surface area contributed by atoms with Crippen molar-refractivity contribution in [3.05, 3.63) is 75.1 Å². The van der Waals surface area contributed by atoms with E-state index < -0.39 is 0 Å². The number of nitrogens with one attached hydrogen (secondary N) is 1. The van der Waals surface area contributed by atoms with Gasteiger partial charge in [-0.05, 0) is 36.6 Å². The Bertz CT molecular complexity index is 864. The van der Waals surface area contributed by atoms with Crippen LogP contribution in [0.25, 0.3) is 10.9 Å². The molecule has 0 atom stereocenters. The summed E-state index contributed by atoms with van der Waals surface area (Å²) in [7, 11) is 0. The molecule has 0 radical (unpaired) electrons. The fourth-order valence-corrected chi connectivity index (χ4v) is 2.80. The molecular weight excluding hydrogens is 262 g/mol. The van der Waals surface area contributed by atoms with Crippen LogP contribution in [-0.4, -0.2) is 10.1 Å². The van der Waals surface area contributed by atoms with Gasteiger partial charge in [-0.25, -0.2) is 0 Å². The summed E-state index contributed by atoms with van der Waals surface area (Å²) in [5, 5.41) is 11.3. The number of benzene rings is 2. The number of aryl methyl sites for hydroxylation is 2. The van der Waals surface area contributed by atoms with Gasteiger partial charge in [-0.1, -0.05) is 36.4 Å². The maximum absolute atomic E-state index is 12.3. The van der Waals surface area contributed by atoms with Crippen LogP contribution in [0.15, 0.2) is 47.3 Å². The summed E-state index contributed by atoms with van der Waals surface area (Å²) < 4.78 is 0. The van der Waals surface area contributed by atoms with Crippen LogP contribution in [0, 0.1) is 13.8 Å². The lowest BCUT2D eigenvalue weighted by Crippen LogP contribution is -2.13. The monoisotopic (exact) mass is 279 g/mol. The highest BCUT2D eigenvalue weighted by molar-refractivity contribution is 5.89. The van der Waals surface area contributed by atoms with Crippen molar-refractivity contribution in [1.82, 2.24) is 4.98 Å². The van der Waals surface area contributed by atoms with Crippen LogP contribution in [0.1, 0.15) is 22.3 Å². The molecule has 0 fully saturated rings. The highest BCUT2D eigenvalue weighted by Crippen LogP contribution is 2.30. The Morgan fingerprint density at radius 2 is 1.81 bits per heavy atom. The highest BCUT2D eigenvalue weighted by Gasteiger charge is 2.14. The molecule has 0 aliphatic carbocycles. The molecule has 2 aromatic carbocycles.